The number of rotatable bonds is 4. The zero-order valence-electron chi connectivity index (χ0n) is 28.2. The van der Waals surface area contributed by atoms with Gasteiger partial charge in [0, 0.05) is 34.7 Å². The average molecular weight is 595 g/mol. The monoisotopic (exact) mass is 594 g/mol. The van der Waals surface area contributed by atoms with E-state index in [2.05, 4.69) is 51.5 Å². The number of hydrogen-bond acceptors (Lipinski definition) is 7. The summed E-state index contributed by atoms with van der Waals surface area (Å²) in [6.07, 6.45) is -0.808. The number of benzene rings is 2. The van der Waals surface area contributed by atoms with Crippen LogP contribution in [0.3, 0.4) is 0 Å². The van der Waals surface area contributed by atoms with Crippen LogP contribution < -0.4 is 0 Å². The molecule has 1 aliphatic rings. The molecular formula is C36H54N2O5. The number of aromatic hydroxyl groups is 2. The van der Waals surface area contributed by atoms with E-state index in [1.54, 1.807) is 12.4 Å². The minimum absolute atomic E-state index is 0.133. The quantitative estimate of drug-likeness (QED) is 0.276. The van der Waals surface area contributed by atoms with Gasteiger partial charge in [0.15, 0.2) is 0 Å². The summed E-state index contributed by atoms with van der Waals surface area (Å²) in [6.45, 7) is 24.9. The normalized spacial score (nSPS) is 24.3. The fourth-order valence-corrected chi connectivity index (χ4v) is 5.35. The molecule has 4 unspecified atom stereocenters. The van der Waals surface area contributed by atoms with Gasteiger partial charge in [-0.25, -0.2) is 0 Å². The van der Waals surface area contributed by atoms with Crippen molar-refractivity contribution in [3.8, 4) is 11.5 Å². The van der Waals surface area contributed by atoms with Crippen LogP contribution in [0.2, 0.25) is 0 Å². The van der Waals surface area contributed by atoms with Crippen LogP contribution in [-0.4, -0.2) is 68.4 Å². The first-order valence-electron chi connectivity index (χ1n) is 15.3. The van der Waals surface area contributed by atoms with Gasteiger partial charge in [-0.05, 0) is 51.3 Å². The van der Waals surface area contributed by atoms with E-state index in [1.807, 2.05) is 65.8 Å². The number of phenolic OH excluding ortho intramolecular Hbond substituents is 2. The average Bonchev–Trinajstić information content (AvgIpc) is 2.84. The van der Waals surface area contributed by atoms with Gasteiger partial charge in [-0.2, -0.15) is 0 Å². The molecule has 2 aromatic carbocycles. The van der Waals surface area contributed by atoms with Gasteiger partial charge < -0.3 is 25.5 Å². The third kappa shape index (κ3) is 7.86. The Labute approximate surface area is 258 Å². The smallest absolute Gasteiger partial charge is 0.128 e. The van der Waals surface area contributed by atoms with Crippen LogP contribution in [0.15, 0.2) is 34.3 Å². The summed E-state index contributed by atoms with van der Waals surface area (Å²) >= 11 is 0. The van der Waals surface area contributed by atoms with Crippen molar-refractivity contribution in [3.63, 3.8) is 0 Å². The second-order valence-corrected chi connectivity index (χ2v) is 16.3. The Bertz CT molecular complexity index is 1260. The van der Waals surface area contributed by atoms with Crippen LogP contribution in [0.4, 0.5) is 0 Å². The van der Waals surface area contributed by atoms with Crippen LogP contribution in [0.5, 0.6) is 11.5 Å². The maximum atomic E-state index is 11.2. The molecule has 1 saturated carbocycles. The number of hydrogen-bond donors (Lipinski definition) is 5. The molecule has 0 bridgehead atoms. The van der Waals surface area contributed by atoms with Crippen LogP contribution in [-0.2, 0) is 21.7 Å². The maximum Gasteiger partial charge on any atom is 0.128 e. The number of nitrogens with zero attached hydrogens (tertiary/aromatic N) is 2. The Kier molecular flexibility index (Phi) is 9.68. The lowest BCUT2D eigenvalue weighted by molar-refractivity contribution is -0.0994. The van der Waals surface area contributed by atoms with Crippen LogP contribution in [0.25, 0.3) is 0 Å². The zero-order chi connectivity index (χ0) is 32.9. The molecule has 238 valence electrons. The Morgan fingerprint density at radius 2 is 0.860 bits per heavy atom. The molecule has 0 aromatic heterocycles. The van der Waals surface area contributed by atoms with Gasteiger partial charge in [0.05, 0.1) is 12.1 Å². The highest BCUT2D eigenvalue weighted by Crippen LogP contribution is 2.39. The van der Waals surface area contributed by atoms with Gasteiger partial charge in [-0.15, -0.1) is 0 Å². The summed E-state index contributed by atoms with van der Waals surface area (Å²) in [4.78, 5) is 9.23. The molecule has 7 nitrogen and oxygen atoms in total. The van der Waals surface area contributed by atoms with Gasteiger partial charge in [-0.3, -0.25) is 9.98 Å². The Hall–Kier alpha value is -2.74. The van der Waals surface area contributed by atoms with Gasteiger partial charge in [0.2, 0.25) is 0 Å². The van der Waals surface area contributed by atoms with Gasteiger partial charge >= 0.3 is 0 Å². The fourth-order valence-electron chi connectivity index (χ4n) is 5.35. The molecular weight excluding hydrogens is 540 g/mol. The molecule has 0 saturated heterocycles. The largest absolute Gasteiger partial charge is 0.507 e. The zero-order valence-corrected chi connectivity index (χ0v) is 28.2. The first-order valence-corrected chi connectivity index (χ1v) is 15.3. The van der Waals surface area contributed by atoms with Crippen LogP contribution in [0.1, 0.15) is 123 Å². The Morgan fingerprint density at radius 3 is 1.14 bits per heavy atom. The van der Waals surface area contributed by atoms with Crippen LogP contribution >= 0.6 is 0 Å². The summed E-state index contributed by atoms with van der Waals surface area (Å²) in [5, 5.41) is 54.8. The Balaban J connectivity index is 2.01. The van der Waals surface area contributed by atoms with E-state index in [9.17, 15) is 25.5 Å². The van der Waals surface area contributed by atoms with Crippen molar-refractivity contribution in [1.29, 1.82) is 0 Å². The number of phenols is 2. The predicted octanol–water partition coefficient (Wildman–Crippen LogP) is 6.05. The van der Waals surface area contributed by atoms with E-state index in [0.29, 0.717) is 11.1 Å². The van der Waals surface area contributed by atoms with Crippen molar-refractivity contribution < 1.29 is 25.5 Å². The maximum absolute atomic E-state index is 11.2. The lowest BCUT2D eigenvalue weighted by atomic mass is 9.79. The molecule has 0 heterocycles. The molecule has 0 radical (unpaired) electrons. The highest BCUT2D eigenvalue weighted by Gasteiger charge is 2.42. The minimum Gasteiger partial charge on any atom is -0.507 e. The van der Waals surface area contributed by atoms with Crippen LogP contribution in [0, 0.1) is 0 Å². The summed E-state index contributed by atoms with van der Waals surface area (Å²) in [6, 6.07) is 6.33. The standard InChI is InChI=1S/C36H54N2O5/c1-33(2,3)22-13-20(28(39)24(15-22)35(7,8)9)18-37-26-17-27(31(42)32(43)30(26)41)38-19-21-14-23(34(4,5)6)16-25(29(21)40)36(10,11)12/h13-16,18-19,26-27,30-32,39-43H,17H2,1-12H3. The van der Waals surface area contributed by atoms with Crippen molar-refractivity contribution in [2.24, 2.45) is 9.98 Å². The highest BCUT2D eigenvalue weighted by molar-refractivity contribution is 5.86. The third-order valence-electron chi connectivity index (χ3n) is 8.41. The van der Waals surface area contributed by atoms with Gasteiger partial charge in [0.25, 0.3) is 0 Å². The molecule has 2 aromatic rings. The summed E-state index contributed by atoms with van der Waals surface area (Å²) in [7, 11) is 0. The molecule has 0 amide bonds. The van der Waals surface area contributed by atoms with Crippen molar-refractivity contribution in [2.75, 3.05) is 0 Å². The van der Waals surface area contributed by atoms with E-state index in [0.717, 1.165) is 22.3 Å². The Morgan fingerprint density at radius 1 is 0.535 bits per heavy atom. The molecule has 0 spiro atoms. The number of aliphatic hydroxyl groups is 3. The van der Waals surface area contributed by atoms with E-state index in [4.69, 9.17) is 0 Å². The minimum atomic E-state index is -1.46. The molecule has 4 atom stereocenters. The third-order valence-corrected chi connectivity index (χ3v) is 8.41. The van der Waals surface area contributed by atoms with Crippen molar-refractivity contribution >= 4 is 12.4 Å². The first kappa shape index (κ1) is 34.7. The molecule has 43 heavy (non-hydrogen) atoms. The SMILES string of the molecule is CC(C)(C)c1cc(C=NC2CC(N=Cc3cc(C(C)(C)C)cc(C(C)(C)C)c3O)C(O)C(O)C2O)c(O)c(C(C)(C)C)c1. The van der Waals surface area contributed by atoms with Gasteiger partial charge in [0.1, 0.15) is 29.8 Å². The molecule has 0 aliphatic heterocycles. The summed E-state index contributed by atoms with van der Waals surface area (Å²) in [5.74, 6) is 0.266. The van der Waals surface area contributed by atoms with Crippen molar-refractivity contribution in [3.05, 3.63) is 57.6 Å². The molecule has 7 heteroatoms. The summed E-state index contributed by atoms with van der Waals surface area (Å²) in [5.41, 5.74) is 3.82. The van der Waals surface area contributed by atoms with Crippen molar-refractivity contribution in [2.45, 2.75) is 142 Å². The lowest BCUT2D eigenvalue weighted by Gasteiger charge is -2.37. The van der Waals surface area contributed by atoms with E-state index in [1.165, 1.54) is 0 Å². The first-order chi connectivity index (χ1) is 19.4. The second kappa shape index (κ2) is 12.0. The molecule has 1 aliphatic carbocycles. The number of aliphatic imine (C=N–C) groups is 2. The number of aliphatic hydroxyl groups excluding tert-OH is 3. The fraction of sp³-hybridized carbons (Fsp3) is 0.611. The van der Waals surface area contributed by atoms with Crippen molar-refractivity contribution in [1.82, 2.24) is 0 Å². The molecule has 5 N–H and O–H groups in total. The van der Waals surface area contributed by atoms with E-state index >= 15 is 0 Å². The highest BCUT2D eigenvalue weighted by atomic mass is 16.4. The topological polar surface area (TPSA) is 126 Å². The van der Waals surface area contributed by atoms with E-state index in [-0.39, 0.29) is 39.6 Å². The second-order valence-electron chi connectivity index (χ2n) is 16.3. The van der Waals surface area contributed by atoms with E-state index < -0.39 is 30.4 Å². The molecule has 1 fully saturated rings. The lowest BCUT2D eigenvalue weighted by Crippen LogP contribution is -2.54. The molecule has 3 rings (SSSR count). The summed E-state index contributed by atoms with van der Waals surface area (Å²) < 4.78 is 0. The predicted molar refractivity (Wildman–Crippen MR) is 176 cm³/mol. The van der Waals surface area contributed by atoms with Gasteiger partial charge in [-0.1, -0.05) is 95.2 Å².